The van der Waals surface area contributed by atoms with Crippen molar-refractivity contribution in [3.05, 3.63) is 0 Å². The second kappa shape index (κ2) is 18.5. The summed E-state index contributed by atoms with van der Waals surface area (Å²) in [7, 11) is 0. The predicted molar refractivity (Wildman–Crippen MR) is 101 cm³/mol. The SMILES string of the molecule is CCCCCCCCCCCCOC(=O)CC(=O)CCCCCC. The van der Waals surface area contributed by atoms with Gasteiger partial charge >= 0.3 is 5.97 Å². The van der Waals surface area contributed by atoms with Gasteiger partial charge in [-0.25, -0.2) is 0 Å². The molecule has 0 rings (SSSR count). The average Bonchev–Trinajstić information content (AvgIpc) is 2.56. The Morgan fingerprint density at radius 2 is 1.08 bits per heavy atom. The van der Waals surface area contributed by atoms with Crippen molar-refractivity contribution in [2.45, 2.75) is 117 Å². The molecule has 0 aromatic rings. The van der Waals surface area contributed by atoms with E-state index in [-0.39, 0.29) is 18.2 Å². The Labute approximate surface area is 149 Å². The zero-order chi connectivity index (χ0) is 17.9. The molecule has 0 radical (unpaired) electrons. The van der Waals surface area contributed by atoms with E-state index >= 15 is 0 Å². The van der Waals surface area contributed by atoms with Crippen LogP contribution in [0.5, 0.6) is 0 Å². The van der Waals surface area contributed by atoms with Crippen LogP contribution in [0.2, 0.25) is 0 Å². The highest BCUT2D eigenvalue weighted by atomic mass is 16.5. The summed E-state index contributed by atoms with van der Waals surface area (Å²) in [6.45, 7) is 4.86. The van der Waals surface area contributed by atoms with E-state index in [1.807, 2.05) is 0 Å². The minimum absolute atomic E-state index is 0.0270. The highest BCUT2D eigenvalue weighted by Crippen LogP contribution is 2.10. The Hall–Kier alpha value is -0.860. The van der Waals surface area contributed by atoms with E-state index in [0.29, 0.717) is 13.0 Å². The number of Topliss-reactive ketones (excluding diaryl/α,β-unsaturated/α-hetero) is 1. The highest BCUT2D eigenvalue weighted by Gasteiger charge is 2.10. The van der Waals surface area contributed by atoms with Gasteiger partial charge in [0.15, 0.2) is 0 Å². The molecule has 0 atom stereocenters. The summed E-state index contributed by atoms with van der Waals surface area (Å²) in [6, 6.07) is 0. The van der Waals surface area contributed by atoms with E-state index in [2.05, 4.69) is 13.8 Å². The van der Waals surface area contributed by atoms with Crippen molar-refractivity contribution >= 4 is 11.8 Å². The van der Waals surface area contributed by atoms with E-state index in [4.69, 9.17) is 4.74 Å². The summed E-state index contributed by atoms with van der Waals surface area (Å²) in [6.07, 6.45) is 17.5. The van der Waals surface area contributed by atoms with E-state index < -0.39 is 0 Å². The molecule has 0 saturated carbocycles. The topological polar surface area (TPSA) is 43.4 Å². The Bertz CT molecular complexity index is 299. The molecule has 0 aromatic carbocycles. The van der Waals surface area contributed by atoms with Crippen LogP contribution in [0.25, 0.3) is 0 Å². The van der Waals surface area contributed by atoms with Crippen LogP contribution in [0.15, 0.2) is 0 Å². The average molecular weight is 341 g/mol. The maximum atomic E-state index is 11.6. The summed E-state index contributed by atoms with van der Waals surface area (Å²) < 4.78 is 5.15. The van der Waals surface area contributed by atoms with Crippen molar-refractivity contribution in [3.63, 3.8) is 0 Å². The maximum Gasteiger partial charge on any atom is 0.313 e. The molecule has 0 bridgehead atoms. The number of carbonyl (C=O) groups is 2. The molecule has 0 aliphatic heterocycles. The molecule has 0 amide bonds. The molecule has 0 saturated heterocycles. The highest BCUT2D eigenvalue weighted by molar-refractivity contribution is 5.95. The fourth-order valence-corrected chi connectivity index (χ4v) is 2.82. The molecular formula is C21H40O3. The van der Waals surface area contributed by atoms with Crippen molar-refractivity contribution in [3.8, 4) is 0 Å². The first-order valence-corrected chi connectivity index (χ1v) is 10.4. The molecule has 3 heteroatoms. The van der Waals surface area contributed by atoms with Gasteiger partial charge in [-0.15, -0.1) is 0 Å². The second-order valence-electron chi connectivity index (χ2n) is 6.93. The molecule has 24 heavy (non-hydrogen) atoms. The maximum absolute atomic E-state index is 11.6. The summed E-state index contributed by atoms with van der Waals surface area (Å²) >= 11 is 0. The fraction of sp³-hybridized carbons (Fsp3) is 0.905. The first-order valence-electron chi connectivity index (χ1n) is 10.4. The molecule has 0 unspecified atom stereocenters. The van der Waals surface area contributed by atoms with Crippen LogP contribution in [0.3, 0.4) is 0 Å². The molecule has 0 heterocycles. The minimum atomic E-state index is -0.341. The predicted octanol–water partition coefficient (Wildman–Crippen LogP) is 6.38. The van der Waals surface area contributed by atoms with Crippen LogP contribution in [0.4, 0.5) is 0 Å². The molecule has 0 spiro atoms. The van der Waals surface area contributed by atoms with Crippen LogP contribution in [0, 0.1) is 0 Å². The summed E-state index contributed by atoms with van der Waals surface area (Å²) in [4.78, 5) is 23.2. The van der Waals surface area contributed by atoms with Gasteiger partial charge in [-0.1, -0.05) is 90.9 Å². The van der Waals surface area contributed by atoms with Gasteiger partial charge in [0, 0.05) is 6.42 Å². The van der Waals surface area contributed by atoms with Gasteiger partial charge in [0.25, 0.3) is 0 Å². The van der Waals surface area contributed by atoms with Crippen molar-refractivity contribution < 1.29 is 14.3 Å². The van der Waals surface area contributed by atoms with Crippen molar-refractivity contribution in [1.82, 2.24) is 0 Å². The van der Waals surface area contributed by atoms with Crippen LogP contribution in [-0.4, -0.2) is 18.4 Å². The number of ether oxygens (including phenoxy) is 1. The monoisotopic (exact) mass is 340 g/mol. The van der Waals surface area contributed by atoms with Crippen LogP contribution in [-0.2, 0) is 14.3 Å². The smallest absolute Gasteiger partial charge is 0.313 e. The number of hydrogen-bond donors (Lipinski definition) is 0. The van der Waals surface area contributed by atoms with Gasteiger partial charge in [0.1, 0.15) is 12.2 Å². The molecule has 0 aliphatic carbocycles. The lowest BCUT2D eigenvalue weighted by molar-refractivity contribution is -0.146. The van der Waals surface area contributed by atoms with Gasteiger partial charge < -0.3 is 4.74 Å². The molecule has 0 aromatic heterocycles. The van der Waals surface area contributed by atoms with Crippen LogP contribution >= 0.6 is 0 Å². The Morgan fingerprint density at radius 3 is 1.62 bits per heavy atom. The summed E-state index contributed by atoms with van der Waals surface area (Å²) in [5, 5.41) is 0. The number of esters is 1. The molecule has 3 nitrogen and oxygen atoms in total. The number of hydrogen-bond acceptors (Lipinski definition) is 3. The fourth-order valence-electron chi connectivity index (χ4n) is 2.82. The van der Waals surface area contributed by atoms with Gasteiger partial charge in [-0.2, -0.15) is 0 Å². The molecule has 142 valence electrons. The van der Waals surface area contributed by atoms with Crippen molar-refractivity contribution in [1.29, 1.82) is 0 Å². The number of carbonyl (C=O) groups excluding carboxylic acids is 2. The third kappa shape index (κ3) is 17.5. The number of ketones is 1. The standard InChI is InChI=1S/C21H40O3/c1-3-5-7-9-10-11-12-13-14-16-18-24-21(23)19-20(22)17-15-8-6-4-2/h3-19H2,1-2H3. The van der Waals surface area contributed by atoms with Gasteiger partial charge in [-0.05, 0) is 12.8 Å². The third-order valence-electron chi connectivity index (χ3n) is 4.41. The molecular weight excluding hydrogens is 300 g/mol. The van der Waals surface area contributed by atoms with Gasteiger partial charge in [-0.3, -0.25) is 9.59 Å². The first kappa shape index (κ1) is 23.1. The molecule has 0 N–H and O–H groups in total. The second-order valence-corrected chi connectivity index (χ2v) is 6.93. The lowest BCUT2D eigenvalue weighted by atomic mass is 10.1. The van der Waals surface area contributed by atoms with Gasteiger partial charge in [0.05, 0.1) is 6.61 Å². The largest absolute Gasteiger partial charge is 0.465 e. The normalized spacial score (nSPS) is 10.8. The van der Waals surface area contributed by atoms with Gasteiger partial charge in [0.2, 0.25) is 0 Å². The quantitative estimate of drug-likeness (QED) is 0.165. The Balaban J connectivity index is 3.29. The van der Waals surface area contributed by atoms with E-state index in [9.17, 15) is 9.59 Å². The van der Waals surface area contributed by atoms with Crippen molar-refractivity contribution in [2.24, 2.45) is 0 Å². The third-order valence-corrected chi connectivity index (χ3v) is 4.41. The van der Waals surface area contributed by atoms with E-state index in [0.717, 1.165) is 38.5 Å². The number of rotatable bonds is 18. The van der Waals surface area contributed by atoms with E-state index in [1.54, 1.807) is 0 Å². The van der Waals surface area contributed by atoms with Crippen LogP contribution in [0.1, 0.15) is 117 Å². The Kier molecular flexibility index (Phi) is 17.8. The summed E-state index contributed by atoms with van der Waals surface area (Å²) in [5.41, 5.74) is 0. The minimum Gasteiger partial charge on any atom is -0.465 e. The van der Waals surface area contributed by atoms with E-state index in [1.165, 1.54) is 51.4 Å². The first-order chi connectivity index (χ1) is 11.7. The Morgan fingerprint density at radius 1 is 0.625 bits per heavy atom. The zero-order valence-electron chi connectivity index (χ0n) is 16.2. The molecule has 0 fully saturated rings. The zero-order valence-corrected chi connectivity index (χ0v) is 16.2. The summed E-state index contributed by atoms with van der Waals surface area (Å²) in [5.74, 6) is -0.314. The number of unbranched alkanes of at least 4 members (excludes halogenated alkanes) is 12. The van der Waals surface area contributed by atoms with Crippen LogP contribution < -0.4 is 0 Å². The van der Waals surface area contributed by atoms with Crippen molar-refractivity contribution in [2.75, 3.05) is 6.61 Å². The lowest BCUT2D eigenvalue weighted by Gasteiger charge is -2.05. The lowest BCUT2D eigenvalue weighted by Crippen LogP contribution is -2.12. The molecule has 0 aliphatic rings.